The van der Waals surface area contributed by atoms with E-state index in [9.17, 15) is 0 Å². The highest BCUT2D eigenvalue weighted by Gasteiger charge is 2.18. The molecule has 0 aromatic carbocycles. The van der Waals surface area contributed by atoms with Gasteiger partial charge >= 0.3 is 0 Å². The number of hydrogen-bond donors (Lipinski definition) is 1. The minimum absolute atomic E-state index is 0.747. The molecule has 0 unspecified atom stereocenters. The molecule has 0 amide bonds. The third-order valence-electron chi connectivity index (χ3n) is 3.16. The van der Waals surface area contributed by atoms with Crippen LogP contribution in [0.1, 0.15) is 19.3 Å². The van der Waals surface area contributed by atoms with E-state index in [1.54, 1.807) is 6.20 Å². The number of nitrogen functional groups attached to an aromatic ring is 1. The first kappa shape index (κ1) is 10.5. The molecular formula is C11H20N4. The van der Waals surface area contributed by atoms with Crippen molar-refractivity contribution in [2.75, 3.05) is 25.9 Å². The van der Waals surface area contributed by atoms with Crippen molar-refractivity contribution in [2.45, 2.75) is 25.8 Å². The van der Waals surface area contributed by atoms with Gasteiger partial charge in [0.1, 0.15) is 0 Å². The Morgan fingerprint density at radius 2 is 2.40 bits per heavy atom. The molecule has 2 N–H and O–H groups in total. The molecule has 15 heavy (non-hydrogen) atoms. The first-order chi connectivity index (χ1) is 7.24. The van der Waals surface area contributed by atoms with Gasteiger partial charge in [-0.2, -0.15) is 5.10 Å². The second-order valence-corrected chi connectivity index (χ2v) is 4.60. The summed E-state index contributed by atoms with van der Waals surface area (Å²) in [6.07, 6.45) is 7.84. The zero-order valence-corrected chi connectivity index (χ0v) is 9.39. The smallest absolute Gasteiger partial charge is 0.0719 e. The van der Waals surface area contributed by atoms with E-state index >= 15 is 0 Å². The summed E-state index contributed by atoms with van der Waals surface area (Å²) in [4.78, 5) is 2.39. The summed E-state index contributed by atoms with van der Waals surface area (Å²) >= 11 is 0. The molecule has 0 saturated heterocycles. The Bertz CT molecular complexity index is 303. The van der Waals surface area contributed by atoms with E-state index in [-0.39, 0.29) is 0 Å². The largest absolute Gasteiger partial charge is 0.396 e. The van der Waals surface area contributed by atoms with Gasteiger partial charge in [-0.25, -0.2) is 0 Å². The second-order valence-electron chi connectivity index (χ2n) is 4.60. The minimum atomic E-state index is 0.747. The van der Waals surface area contributed by atoms with Gasteiger partial charge in [0.05, 0.1) is 18.4 Å². The van der Waals surface area contributed by atoms with Crippen LogP contribution >= 0.6 is 0 Å². The standard InChI is InChI=1S/C11H20N4/c1-14(8-10-3-2-4-10)5-6-15-9-11(12)7-13-15/h7,9-10H,2-6,8,12H2,1H3. The number of nitrogens with two attached hydrogens (primary N) is 1. The molecule has 0 radical (unpaired) electrons. The van der Waals surface area contributed by atoms with Crippen LogP contribution < -0.4 is 5.73 Å². The van der Waals surface area contributed by atoms with Crippen LogP contribution in [-0.4, -0.2) is 34.8 Å². The molecule has 0 bridgehead atoms. The third-order valence-corrected chi connectivity index (χ3v) is 3.16. The fourth-order valence-electron chi connectivity index (χ4n) is 1.98. The van der Waals surface area contributed by atoms with Crippen LogP contribution in [0.4, 0.5) is 5.69 Å². The maximum absolute atomic E-state index is 5.60. The summed E-state index contributed by atoms with van der Waals surface area (Å²) in [5, 5.41) is 4.17. The molecule has 1 aromatic rings. The lowest BCUT2D eigenvalue weighted by molar-refractivity contribution is 0.199. The normalized spacial score (nSPS) is 16.9. The molecular weight excluding hydrogens is 188 g/mol. The Labute approximate surface area is 91.1 Å². The zero-order valence-electron chi connectivity index (χ0n) is 9.39. The molecule has 0 atom stereocenters. The topological polar surface area (TPSA) is 47.1 Å². The first-order valence-electron chi connectivity index (χ1n) is 5.70. The molecule has 1 saturated carbocycles. The van der Waals surface area contributed by atoms with E-state index in [0.717, 1.165) is 24.7 Å². The van der Waals surface area contributed by atoms with E-state index in [1.165, 1.54) is 25.8 Å². The SMILES string of the molecule is CN(CCn1cc(N)cn1)CC1CCC1. The fraction of sp³-hybridized carbons (Fsp3) is 0.727. The van der Waals surface area contributed by atoms with Gasteiger partial charge in [-0.3, -0.25) is 4.68 Å². The molecule has 1 aromatic heterocycles. The maximum atomic E-state index is 5.60. The van der Waals surface area contributed by atoms with Gasteiger partial charge in [-0.1, -0.05) is 6.42 Å². The number of nitrogens with zero attached hydrogens (tertiary/aromatic N) is 3. The van der Waals surface area contributed by atoms with Crippen molar-refractivity contribution >= 4 is 5.69 Å². The lowest BCUT2D eigenvalue weighted by atomic mass is 9.85. The van der Waals surface area contributed by atoms with Crippen molar-refractivity contribution in [2.24, 2.45) is 5.92 Å². The van der Waals surface area contributed by atoms with Crippen LogP contribution in [0.25, 0.3) is 0 Å². The van der Waals surface area contributed by atoms with Gasteiger partial charge in [0.25, 0.3) is 0 Å². The molecule has 4 heteroatoms. The first-order valence-corrected chi connectivity index (χ1v) is 5.70. The Kier molecular flexibility index (Phi) is 3.26. The quantitative estimate of drug-likeness (QED) is 0.791. The van der Waals surface area contributed by atoms with Gasteiger partial charge in [0.2, 0.25) is 0 Å². The molecule has 0 spiro atoms. The molecule has 1 aliphatic carbocycles. The molecule has 1 fully saturated rings. The van der Waals surface area contributed by atoms with Crippen LogP contribution in [0.15, 0.2) is 12.4 Å². The highest BCUT2D eigenvalue weighted by atomic mass is 15.3. The van der Waals surface area contributed by atoms with Crippen LogP contribution in [0.5, 0.6) is 0 Å². The molecule has 84 valence electrons. The van der Waals surface area contributed by atoms with Crippen LogP contribution in [0.2, 0.25) is 0 Å². The molecule has 2 rings (SSSR count). The summed E-state index contributed by atoms with van der Waals surface area (Å²) in [6, 6.07) is 0. The van der Waals surface area contributed by atoms with E-state index in [4.69, 9.17) is 5.73 Å². The average Bonchev–Trinajstić information content (AvgIpc) is 2.55. The van der Waals surface area contributed by atoms with Gasteiger partial charge in [0, 0.05) is 19.3 Å². The van der Waals surface area contributed by atoms with Crippen molar-refractivity contribution in [1.29, 1.82) is 0 Å². The summed E-state index contributed by atoms with van der Waals surface area (Å²) in [5.41, 5.74) is 6.35. The highest BCUT2D eigenvalue weighted by Crippen LogP contribution is 2.26. The second kappa shape index (κ2) is 4.66. The average molecular weight is 208 g/mol. The van der Waals surface area contributed by atoms with E-state index in [0.29, 0.717) is 0 Å². The van der Waals surface area contributed by atoms with Crippen LogP contribution in [-0.2, 0) is 6.54 Å². The van der Waals surface area contributed by atoms with Crippen LogP contribution in [0, 0.1) is 5.92 Å². The Balaban J connectivity index is 1.68. The maximum Gasteiger partial charge on any atom is 0.0719 e. The number of hydrogen-bond acceptors (Lipinski definition) is 3. The number of anilines is 1. The highest BCUT2D eigenvalue weighted by molar-refractivity contribution is 5.30. The number of rotatable bonds is 5. The summed E-state index contributed by atoms with van der Waals surface area (Å²) in [5.74, 6) is 0.942. The van der Waals surface area contributed by atoms with E-state index in [1.807, 2.05) is 10.9 Å². The predicted molar refractivity (Wildman–Crippen MR) is 61.5 cm³/mol. The van der Waals surface area contributed by atoms with Crippen molar-refractivity contribution in [3.63, 3.8) is 0 Å². The van der Waals surface area contributed by atoms with Gasteiger partial charge < -0.3 is 10.6 Å². The molecule has 0 aliphatic heterocycles. The van der Waals surface area contributed by atoms with Gasteiger partial charge in [0.15, 0.2) is 0 Å². The van der Waals surface area contributed by atoms with Crippen molar-refractivity contribution in [3.8, 4) is 0 Å². The van der Waals surface area contributed by atoms with E-state index in [2.05, 4.69) is 17.0 Å². The fourth-order valence-corrected chi connectivity index (χ4v) is 1.98. The Hall–Kier alpha value is -1.03. The number of aromatic nitrogens is 2. The monoisotopic (exact) mass is 208 g/mol. The van der Waals surface area contributed by atoms with Crippen molar-refractivity contribution in [3.05, 3.63) is 12.4 Å². The van der Waals surface area contributed by atoms with E-state index < -0.39 is 0 Å². The lowest BCUT2D eigenvalue weighted by Crippen LogP contribution is -2.31. The summed E-state index contributed by atoms with van der Waals surface area (Å²) in [6.45, 7) is 3.22. The van der Waals surface area contributed by atoms with Gasteiger partial charge in [-0.05, 0) is 25.8 Å². The van der Waals surface area contributed by atoms with Crippen molar-refractivity contribution in [1.82, 2.24) is 14.7 Å². The van der Waals surface area contributed by atoms with Crippen LogP contribution in [0.3, 0.4) is 0 Å². The lowest BCUT2D eigenvalue weighted by Gasteiger charge is -2.30. The summed E-state index contributed by atoms with van der Waals surface area (Å²) < 4.78 is 1.91. The summed E-state index contributed by atoms with van der Waals surface area (Å²) in [7, 11) is 2.19. The minimum Gasteiger partial charge on any atom is -0.396 e. The molecule has 1 heterocycles. The predicted octanol–water partition coefficient (Wildman–Crippen LogP) is 1.20. The van der Waals surface area contributed by atoms with Crippen molar-refractivity contribution < 1.29 is 0 Å². The Morgan fingerprint density at radius 3 is 2.93 bits per heavy atom. The Morgan fingerprint density at radius 1 is 1.60 bits per heavy atom. The molecule has 4 nitrogen and oxygen atoms in total. The van der Waals surface area contributed by atoms with Gasteiger partial charge in [-0.15, -0.1) is 0 Å². The number of likely N-dealkylation sites (N-methyl/N-ethyl adjacent to an activating group) is 1. The third kappa shape index (κ3) is 2.96. The zero-order chi connectivity index (χ0) is 10.7. The molecule has 1 aliphatic rings.